The van der Waals surface area contributed by atoms with Crippen molar-refractivity contribution in [3.63, 3.8) is 0 Å². The van der Waals surface area contributed by atoms with Gasteiger partial charge < -0.3 is 10.6 Å². The van der Waals surface area contributed by atoms with Crippen LogP contribution in [-0.4, -0.2) is 41.5 Å². The number of hydrogen-bond donors (Lipinski definition) is 2. The molecule has 0 bridgehead atoms. The number of aromatic nitrogens is 2. The molecule has 0 unspecified atom stereocenters. The van der Waals surface area contributed by atoms with Crippen LogP contribution in [0.5, 0.6) is 0 Å². The molecule has 1 aromatic heterocycles. The van der Waals surface area contributed by atoms with Gasteiger partial charge in [0.15, 0.2) is 0 Å². The number of nitrogens with one attached hydrogen (secondary N) is 2. The molecular weight excluding hydrogens is 261 g/mol. The van der Waals surface area contributed by atoms with Gasteiger partial charge in [-0.2, -0.15) is 18.3 Å². The van der Waals surface area contributed by atoms with Crippen LogP contribution in [0.15, 0.2) is 12.4 Å². The van der Waals surface area contributed by atoms with Gasteiger partial charge in [-0.3, -0.25) is 9.48 Å². The summed E-state index contributed by atoms with van der Waals surface area (Å²) in [4.78, 5) is 11.8. The van der Waals surface area contributed by atoms with E-state index in [0.717, 1.165) is 5.56 Å². The van der Waals surface area contributed by atoms with Crippen molar-refractivity contribution >= 4 is 5.91 Å². The minimum atomic E-state index is -4.38. The molecule has 2 atom stereocenters. The summed E-state index contributed by atoms with van der Waals surface area (Å²) in [6.07, 6.45) is -0.963. The molecule has 0 spiro atoms. The Balaban J connectivity index is 2.00. The Morgan fingerprint density at radius 3 is 2.89 bits per heavy atom. The molecule has 2 N–H and O–H groups in total. The Kier molecular flexibility index (Phi) is 3.79. The van der Waals surface area contributed by atoms with E-state index in [0.29, 0.717) is 13.1 Å². The zero-order valence-electron chi connectivity index (χ0n) is 10.4. The monoisotopic (exact) mass is 276 g/mol. The zero-order valence-corrected chi connectivity index (χ0v) is 10.4. The Morgan fingerprint density at radius 1 is 1.58 bits per heavy atom. The summed E-state index contributed by atoms with van der Waals surface area (Å²) < 4.78 is 37.9. The molecule has 1 amide bonds. The highest BCUT2D eigenvalue weighted by Crippen LogP contribution is 2.28. The Morgan fingerprint density at radius 2 is 2.32 bits per heavy atom. The van der Waals surface area contributed by atoms with Crippen molar-refractivity contribution in [3.05, 3.63) is 18.0 Å². The molecule has 1 saturated heterocycles. The highest BCUT2D eigenvalue weighted by atomic mass is 19.4. The zero-order chi connectivity index (χ0) is 14.0. The highest BCUT2D eigenvalue weighted by Gasteiger charge is 2.36. The first-order valence-corrected chi connectivity index (χ1v) is 5.90. The van der Waals surface area contributed by atoms with Gasteiger partial charge in [0.05, 0.1) is 12.1 Å². The van der Waals surface area contributed by atoms with Crippen LogP contribution in [-0.2, 0) is 11.8 Å². The molecule has 106 valence electrons. The third-order valence-electron chi connectivity index (χ3n) is 3.17. The molecule has 2 rings (SSSR count). The summed E-state index contributed by atoms with van der Waals surface area (Å²) >= 11 is 0. The SMILES string of the molecule is Cn1cc([C@H]2CNC[C@@H]2C(=O)NCC(F)(F)F)cn1. The molecule has 0 radical (unpaired) electrons. The molecule has 0 aliphatic carbocycles. The summed E-state index contributed by atoms with van der Waals surface area (Å²) in [5.41, 5.74) is 0.861. The van der Waals surface area contributed by atoms with E-state index in [-0.39, 0.29) is 5.92 Å². The molecule has 1 aromatic rings. The van der Waals surface area contributed by atoms with Crippen LogP contribution in [0.3, 0.4) is 0 Å². The van der Waals surface area contributed by atoms with Crippen molar-refractivity contribution in [3.8, 4) is 0 Å². The van der Waals surface area contributed by atoms with Gasteiger partial charge in [-0.15, -0.1) is 0 Å². The van der Waals surface area contributed by atoms with Gasteiger partial charge in [-0.25, -0.2) is 0 Å². The molecule has 8 heteroatoms. The summed E-state index contributed by atoms with van der Waals surface area (Å²) in [5, 5.41) is 8.99. The van der Waals surface area contributed by atoms with Crippen molar-refractivity contribution < 1.29 is 18.0 Å². The number of nitrogens with zero attached hydrogens (tertiary/aromatic N) is 2. The maximum Gasteiger partial charge on any atom is 0.405 e. The van der Waals surface area contributed by atoms with Crippen LogP contribution < -0.4 is 10.6 Å². The van der Waals surface area contributed by atoms with Crippen LogP contribution >= 0.6 is 0 Å². The van der Waals surface area contributed by atoms with E-state index in [9.17, 15) is 18.0 Å². The van der Waals surface area contributed by atoms with Crippen LogP contribution in [0.25, 0.3) is 0 Å². The minimum absolute atomic E-state index is 0.137. The number of alkyl halides is 3. The van der Waals surface area contributed by atoms with E-state index >= 15 is 0 Å². The molecule has 5 nitrogen and oxygen atoms in total. The van der Waals surface area contributed by atoms with E-state index in [1.807, 2.05) is 5.32 Å². The second kappa shape index (κ2) is 5.20. The second-order valence-corrected chi connectivity index (χ2v) is 4.65. The Labute approximate surface area is 108 Å². The lowest BCUT2D eigenvalue weighted by atomic mass is 9.90. The maximum absolute atomic E-state index is 12.1. The van der Waals surface area contributed by atoms with Crippen molar-refractivity contribution in [1.29, 1.82) is 0 Å². The molecule has 1 aliphatic rings. The van der Waals surface area contributed by atoms with E-state index in [2.05, 4.69) is 10.4 Å². The molecule has 0 saturated carbocycles. The fourth-order valence-electron chi connectivity index (χ4n) is 2.25. The van der Waals surface area contributed by atoms with E-state index in [1.54, 1.807) is 24.1 Å². The molecule has 0 aromatic carbocycles. The number of rotatable bonds is 3. The van der Waals surface area contributed by atoms with Crippen LogP contribution in [0.2, 0.25) is 0 Å². The average molecular weight is 276 g/mol. The van der Waals surface area contributed by atoms with E-state index in [1.165, 1.54) is 0 Å². The lowest BCUT2D eigenvalue weighted by Gasteiger charge is -2.17. The van der Waals surface area contributed by atoms with E-state index in [4.69, 9.17) is 0 Å². The summed E-state index contributed by atoms with van der Waals surface area (Å²) in [7, 11) is 1.75. The molecule has 1 fully saturated rings. The number of carbonyl (C=O) groups is 1. The highest BCUT2D eigenvalue weighted by molar-refractivity contribution is 5.80. The lowest BCUT2D eigenvalue weighted by molar-refractivity contribution is -0.140. The van der Waals surface area contributed by atoms with Crippen molar-refractivity contribution in [2.24, 2.45) is 13.0 Å². The molecular formula is C11H15F3N4O. The topological polar surface area (TPSA) is 59.0 Å². The van der Waals surface area contributed by atoms with Gasteiger partial charge >= 0.3 is 6.18 Å². The lowest BCUT2D eigenvalue weighted by Crippen LogP contribution is -2.39. The van der Waals surface area contributed by atoms with Crippen LogP contribution in [0.1, 0.15) is 11.5 Å². The van der Waals surface area contributed by atoms with Gasteiger partial charge in [-0.1, -0.05) is 0 Å². The number of amides is 1. The number of halogens is 3. The molecule has 2 heterocycles. The number of hydrogen-bond acceptors (Lipinski definition) is 3. The summed E-state index contributed by atoms with van der Waals surface area (Å²) in [6.45, 7) is -0.346. The smallest absolute Gasteiger partial charge is 0.347 e. The third kappa shape index (κ3) is 3.46. The average Bonchev–Trinajstić information content (AvgIpc) is 2.92. The normalized spacial score (nSPS) is 23.6. The first-order valence-electron chi connectivity index (χ1n) is 5.90. The maximum atomic E-state index is 12.1. The van der Waals surface area contributed by atoms with Gasteiger partial charge in [-0.05, 0) is 5.56 Å². The molecule has 19 heavy (non-hydrogen) atoms. The van der Waals surface area contributed by atoms with Gasteiger partial charge in [0.1, 0.15) is 6.54 Å². The number of aryl methyl sites for hydroxylation is 1. The Bertz CT molecular complexity index is 457. The van der Waals surface area contributed by atoms with Crippen LogP contribution in [0, 0.1) is 5.92 Å². The quantitative estimate of drug-likeness (QED) is 0.840. The fourth-order valence-corrected chi connectivity index (χ4v) is 2.25. The standard InChI is InChI=1S/C11H15F3N4O/c1-18-5-7(2-17-18)8-3-15-4-9(8)10(19)16-6-11(12,13)14/h2,5,8-9,15H,3-4,6H2,1H3,(H,16,19)/t8-,9+/m1/s1. The predicted octanol–water partition coefficient (Wildman–Crippen LogP) is 0.402. The minimum Gasteiger partial charge on any atom is -0.347 e. The summed E-state index contributed by atoms with van der Waals surface area (Å²) in [6, 6.07) is 0. The van der Waals surface area contributed by atoms with Crippen LogP contribution in [0.4, 0.5) is 13.2 Å². The third-order valence-corrected chi connectivity index (χ3v) is 3.17. The Hall–Kier alpha value is -1.57. The summed E-state index contributed by atoms with van der Waals surface area (Å²) in [5.74, 6) is -1.20. The van der Waals surface area contributed by atoms with Gasteiger partial charge in [0, 0.05) is 32.3 Å². The van der Waals surface area contributed by atoms with Crippen molar-refractivity contribution in [1.82, 2.24) is 20.4 Å². The molecule has 1 aliphatic heterocycles. The van der Waals surface area contributed by atoms with E-state index < -0.39 is 24.5 Å². The fraction of sp³-hybridized carbons (Fsp3) is 0.636. The number of carbonyl (C=O) groups excluding carboxylic acids is 1. The first-order chi connectivity index (χ1) is 8.87. The second-order valence-electron chi connectivity index (χ2n) is 4.65. The largest absolute Gasteiger partial charge is 0.405 e. The van der Waals surface area contributed by atoms with Gasteiger partial charge in [0.2, 0.25) is 5.91 Å². The predicted molar refractivity (Wildman–Crippen MR) is 61.4 cm³/mol. The van der Waals surface area contributed by atoms with Crippen molar-refractivity contribution in [2.75, 3.05) is 19.6 Å². The van der Waals surface area contributed by atoms with Gasteiger partial charge in [0.25, 0.3) is 0 Å². The van der Waals surface area contributed by atoms with Crippen molar-refractivity contribution in [2.45, 2.75) is 12.1 Å². The first kappa shape index (κ1) is 13.9.